The first-order valence-corrected chi connectivity index (χ1v) is 47.5. The summed E-state index contributed by atoms with van der Waals surface area (Å²) >= 11 is 0. The van der Waals surface area contributed by atoms with E-state index in [1.165, 1.54) is 448 Å². The van der Waals surface area contributed by atoms with Gasteiger partial charge in [-0.05, 0) is 74.1 Å². The van der Waals surface area contributed by atoms with E-state index in [0.29, 0.717) is 0 Å². The molecule has 2 aromatic rings. The molecule has 0 aliphatic carbocycles. The Morgan fingerprint density at radius 2 is 0.419 bits per heavy atom. The maximum absolute atomic E-state index is 5.62. The second kappa shape index (κ2) is 85.1. The molecule has 0 aliphatic rings. The fourth-order valence-corrected chi connectivity index (χ4v) is 15.4. The molecule has 0 unspecified atom stereocenters. The van der Waals surface area contributed by atoms with Gasteiger partial charge in [-0.15, -0.1) is 23.7 Å². The van der Waals surface area contributed by atoms with Gasteiger partial charge in [-0.25, -0.2) is 4.99 Å². The largest absolute Gasteiger partial charge is 2.00 e. The summed E-state index contributed by atoms with van der Waals surface area (Å²) in [6.45, 7) is 9.26. The molecule has 0 bridgehead atoms. The van der Waals surface area contributed by atoms with E-state index in [1.54, 1.807) is 0 Å². The van der Waals surface area contributed by atoms with Crippen LogP contribution in [0.1, 0.15) is 527 Å². The van der Waals surface area contributed by atoms with Crippen molar-refractivity contribution < 1.29 is 20.4 Å². The van der Waals surface area contributed by atoms with E-state index in [2.05, 4.69) is 112 Å². The predicted octanol–water partition coefficient (Wildman–Crippen LogP) is 35.4. The Morgan fingerprint density at radius 3 is 0.676 bits per heavy atom. The summed E-state index contributed by atoms with van der Waals surface area (Å²) < 4.78 is 0. The van der Waals surface area contributed by atoms with Gasteiger partial charge in [-0.2, -0.15) is 0 Å². The normalized spacial score (nSPS) is 11.5. The molecular formula is C102H176N2Pd+2. The first kappa shape index (κ1) is 100. The standard InChI is InChI=1S/C102H176N2.Pd/c1-5-9-13-17-21-24-27-30-33-36-39-42-45-48-50-53-56-59-62-65-68-71-74-77-81-89-97-91-85-87-93-99(97)103-101(95-83-79-20-16-12-8-4)102(96-84-80-76-73-70-67-64-61-58-55-52-47-44-41-38-35-32-29-26-23-19-15-11-7-3)104-100-94-88-86-92-98(100)90-82-78-75-72-69-66-63-60-57-54-51-49-46-43-40-37-34-31-28-25-22-18-14-10-6-2;/h85-88,91-94H,5-73,76,79-83,89-90,95H2,1-4H3;/q;+2. The van der Waals surface area contributed by atoms with Gasteiger partial charge in [-0.1, -0.05) is 494 Å². The Labute approximate surface area is 672 Å². The van der Waals surface area contributed by atoms with Crippen molar-refractivity contribution in [3.63, 3.8) is 0 Å². The molecule has 3 heteroatoms. The molecule has 2 aromatic carbocycles. The van der Waals surface area contributed by atoms with E-state index in [9.17, 15) is 0 Å². The summed E-state index contributed by atoms with van der Waals surface area (Å²) in [4.78, 5) is 11.2. The second-order valence-electron chi connectivity index (χ2n) is 32.6. The zero-order valence-electron chi connectivity index (χ0n) is 71.0. The smallest absolute Gasteiger partial charge is 0.250 e. The van der Waals surface area contributed by atoms with Crippen LogP contribution in [0.15, 0.2) is 58.5 Å². The van der Waals surface area contributed by atoms with Gasteiger partial charge in [-0.3, -0.25) is 4.99 Å². The second-order valence-corrected chi connectivity index (χ2v) is 32.6. The molecular weight excluding hydrogens is 1360 g/mol. The van der Waals surface area contributed by atoms with Crippen molar-refractivity contribution in [2.45, 2.75) is 529 Å². The first-order chi connectivity index (χ1) is 51.7. The van der Waals surface area contributed by atoms with Crippen molar-refractivity contribution in [1.82, 2.24) is 0 Å². The van der Waals surface area contributed by atoms with Crippen LogP contribution in [-0.4, -0.2) is 11.4 Å². The molecule has 0 saturated carbocycles. The topological polar surface area (TPSA) is 24.7 Å². The van der Waals surface area contributed by atoms with Crippen molar-refractivity contribution >= 4 is 22.8 Å². The average molecular weight is 1540 g/mol. The summed E-state index contributed by atoms with van der Waals surface area (Å²) in [5, 5.41) is 0. The number of hydrogen-bond donors (Lipinski definition) is 0. The number of aliphatic imine (C=N–C) groups is 2. The van der Waals surface area contributed by atoms with E-state index >= 15 is 0 Å². The fraction of sp³-hybridized carbons (Fsp3) is 0.804. The molecule has 0 heterocycles. The Balaban J connectivity index is 0.0000551. The molecule has 0 saturated heterocycles. The summed E-state index contributed by atoms with van der Waals surface area (Å²) in [6, 6.07) is 17.7. The van der Waals surface area contributed by atoms with Crippen LogP contribution < -0.4 is 0 Å². The molecule has 0 amide bonds. The first-order valence-electron chi connectivity index (χ1n) is 47.5. The average Bonchev–Trinajstić information content (AvgIpc) is 0.847. The molecule has 0 radical (unpaired) electrons. The van der Waals surface area contributed by atoms with Crippen LogP contribution >= 0.6 is 0 Å². The van der Waals surface area contributed by atoms with Crippen LogP contribution in [0.25, 0.3) is 0 Å². The third-order valence-electron chi connectivity index (χ3n) is 22.5. The van der Waals surface area contributed by atoms with Gasteiger partial charge in [0, 0.05) is 32.1 Å². The molecule has 0 aliphatic heterocycles. The van der Waals surface area contributed by atoms with Gasteiger partial charge in [0.2, 0.25) is 0 Å². The van der Waals surface area contributed by atoms with E-state index in [0.717, 1.165) is 87.0 Å². The Hall–Kier alpha value is -2.88. The maximum atomic E-state index is 5.62. The van der Waals surface area contributed by atoms with Crippen LogP contribution in [-0.2, 0) is 33.3 Å². The Bertz CT molecular complexity index is 2360. The zero-order valence-corrected chi connectivity index (χ0v) is 72.5. The van der Waals surface area contributed by atoms with E-state index in [1.807, 2.05) is 0 Å². The number of benzene rings is 2. The predicted molar refractivity (Wildman–Crippen MR) is 471 cm³/mol. The minimum atomic E-state index is 0. The van der Waals surface area contributed by atoms with Crippen molar-refractivity contribution in [3.05, 3.63) is 59.7 Å². The van der Waals surface area contributed by atoms with Crippen molar-refractivity contribution in [2.75, 3.05) is 0 Å². The monoisotopic (exact) mass is 1540 g/mol. The molecule has 0 N–H and O–H groups in total. The van der Waals surface area contributed by atoms with Gasteiger partial charge in [0.05, 0.1) is 17.1 Å². The summed E-state index contributed by atoms with van der Waals surface area (Å²) in [7, 11) is 0. The molecule has 0 fully saturated rings. The molecule has 2 rings (SSSR count). The zero-order chi connectivity index (χ0) is 73.9. The van der Waals surface area contributed by atoms with E-state index in [-0.39, 0.29) is 20.4 Å². The quantitative estimate of drug-likeness (QED) is 0.0273. The van der Waals surface area contributed by atoms with Gasteiger partial charge in [0.25, 0.3) is 0 Å². The van der Waals surface area contributed by atoms with E-state index in [4.69, 9.17) is 9.98 Å². The minimum absolute atomic E-state index is 0. The molecule has 602 valence electrons. The number of nitrogens with zero attached hydrogens (tertiary/aromatic N) is 2. The molecule has 2 nitrogen and oxygen atoms in total. The van der Waals surface area contributed by atoms with Crippen LogP contribution in [0.2, 0.25) is 0 Å². The van der Waals surface area contributed by atoms with E-state index < -0.39 is 0 Å². The Morgan fingerprint density at radius 1 is 0.219 bits per heavy atom. The maximum Gasteiger partial charge on any atom is 2.00 e. The van der Waals surface area contributed by atoms with Gasteiger partial charge in [0.1, 0.15) is 5.71 Å². The summed E-state index contributed by atoms with van der Waals surface area (Å²) in [6.07, 6.45) is 106. The van der Waals surface area contributed by atoms with Crippen LogP contribution in [0.5, 0.6) is 0 Å². The number of aryl methyl sites for hydroxylation is 2. The number of hydrogen-bond acceptors (Lipinski definition) is 2. The van der Waals surface area contributed by atoms with Gasteiger partial charge >= 0.3 is 20.4 Å². The third kappa shape index (κ3) is 70.0. The van der Waals surface area contributed by atoms with Gasteiger partial charge < -0.3 is 0 Å². The number of unbranched alkanes of at least 4 members (excludes halogenated alkanes) is 69. The van der Waals surface area contributed by atoms with Crippen LogP contribution in [0, 0.1) is 35.5 Å². The molecule has 0 spiro atoms. The Kier molecular flexibility index (Phi) is 81.2. The number of para-hydroxylation sites is 2. The summed E-state index contributed by atoms with van der Waals surface area (Å²) in [5.74, 6) is 21.7. The minimum Gasteiger partial charge on any atom is -0.250 e. The van der Waals surface area contributed by atoms with Gasteiger partial charge in [0.15, 0.2) is 0 Å². The van der Waals surface area contributed by atoms with Crippen molar-refractivity contribution in [1.29, 1.82) is 0 Å². The van der Waals surface area contributed by atoms with Crippen molar-refractivity contribution in [2.24, 2.45) is 9.98 Å². The number of rotatable bonds is 78. The SMILES string of the molecule is CCCCCCCCCCCCCCCCCCCCCCCC#CCCc1ccccc1N=C(C#CCCCCCCCCCCCCCCCCCCCCCCCC)C(CCCCCCCC)=Nc1ccccc1CCC#CCCCCCCCCCCCCCCCCCCCCCCC.[Pd+2]. The van der Waals surface area contributed by atoms with Crippen LogP contribution in [0.4, 0.5) is 11.4 Å². The summed E-state index contributed by atoms with van der Waals surface area (Å²) in [5.41, 5.74) is 6.55. The van der Waals surface area contributed by atoms with Crippen LogP contribution in [0.3, 0.4) is 0 Å². The molecule has 0 atom stereocenters. The molecule has 0 aromatic heterocycles. The fourth-order valence-electron chi connectivity index (χ4n) is 15.4. The third-order valence-corrected chi connectivity index (χ3v) is 22.5. The molecule has 105 heavy (non-hydrogen) atoms. The van der Waals surface area contributed by atoms with Crippen molar-refractivity contribution in [3.8, 4) is 35.5 Å².